The number of nitrogens with one attached hydrogen (secondary N) is 1. The van der Waals surface area contributed by atoms with Gasteiger partial charge >= 0.3 is 5.97 Å². The number of carbonyl (C=O) groups excluding carboxylic acids is 2. The van der Waals surface area contributed by atoms with Crippen LogP contribution in [-0.2, 0) is 19.7 Å². The van der Waals surface area contributed by atoms with E-state index in [1.54, 1.807) is 31.2 Å². The maximum Gasteiger partial charge on any atom is 0.317 e. The minimum absolute atomic E-state index is 0.184. The number of esters is 1. The Kier molecular flexibility index (Phi) is 4.83. The molecule has 1 aliphatic rings. The summed E-state index contributed by atoms with van der Waals surface area (Å²) in [5.41, 5.74) is -0.0606. The minimum Gasteiger partial charge on any atom is -0.455 e. The number of carbonyl (C=O) groups is 2. The molecule has 0 bridgehead atoms. The third-order valence-corrected chi connectivity index (χ3v) is 4.46. The van der Waals surface area contributed by atoms with Crippen LogP contribution in [0.15, 0.2) is 34.9 Å². The molecule has 0 radical (unpaired) electrons. The lowest BCUT2D eigenvalue weighted by Gasteiger charge is -2.27. The molecule has 1 N–H and O–H groups in total. The van der Waals surface area contributed by atoms with Crippen molar-refractivity contribution in [1.82, 2.24) is 5.16 Å². The average molecular weight is 346 g/mol. The molecule has 0 atom stereocenters. The van der Waals surface area contributed by atoms with Gasteiger partial charge in [0.05, 0.1) is 11.1 Å². The van der Waals surface area contributed by atoms with Crippen molar-refractivity contribution in [2.75, 3.05) is 11.9 Å². The number of amides is 1. The number of aromatic nitrogens is 1. The van der Waals surface area contributed by atoms with E-state index in [1.807, 2.05) is 0 Å². The largest absolute Gasteiger partial charge is 0.455 e. The smallest absolute Gasteiger partial charge is 0.317 e. The highest BCUT2D eigenvalue weighted by Crippen LogP contribution is 2.43. The van der Waals surface area contributed by atoms with E-state index in [-0.39, 0.29) is 5.88 Å². The van der Waals surface area contributed by atoms with Crippen molar-refractivity contribution in [3.05, 3.63) is 47.4 Å². The molecular weight excluding hydrogens is 327 g/mol. The van der Waals surface area contributed by atoms with Crippen molar-refractivity contribution in [3.8, 4) is 0 Å². The fourth-order valence-corrected chi connectivity index (χ4v) is 3.28. The number of halogens is 1. The third kappa shape index (κ3) is 3.55. The summed E-state index contributed by atoms with van der Waals surface area (Å²) in [5.74, 6) is -1.35. The maximum absolute atomic E-state index is 14.2. The Hall–Kier alpha value is -2.70. The first-order valence-electron chi connectivity index (χ1n) is 8.17. The highest BCUT2D eigenvalue weighted by molar-refractivity contribution is 5.93. The van der Waals surface area contributed by atoms with Crippen LogP contribution >= 0.6 is 0 Å². The fourth-order valence-electron chi connectivity index (χ4n) is 3.28. The lowest BCUT2D eigenvalue weighted by Crippen LogP contribution is -2.37. The first-order chi connectivity index (χ1) is 12.0. The van der Waals surface area contributed by atoms with Crippen LogP contribution in [0.4, 0.5) is 10.3 Å². The molecule has 1 aliphatic carbocycles. The van der Waals surface area contributed by atoms with E-state index in [4.69, 9.17) is 9.26 Å². The molecule has 0 aliphatic heterocycles. The van der Waals surface area contributed by atoms with Crippen molar-refractivity contribution in [1.29, 1.82) is 0 Å². The highest BCUT2D eigenvalue weighted by Gasteiger charge is 2.45. The number of hydrogen-bond donors (Lipinski definition) is 1. The summed E-state index contributed by atoms with van der Waals surface area (Å²) < 4.78 is 24.3. The first kappa shape index (κ1) is 17.1. The Bertz CT molecular complexity index is 781. The zero-order valence-corrected chi connectivity index (χ0v) is 13.9. The number of aryl methyl sites for hydroxylation is 1. The second-order valence-electron chi connectivity index (χ2n) is 6.23. The molecule has 1 saturated carbocycles. The lowest BCUT2D eigenvalue weighted by molar-refractivity contribution is -0.153. The molecule has 7 heteroatoms. The first-order valence-corrected chi connectivity index (χ1v) is 8.17. The molecule has 1 amide bonds. The molecule has 1 aromatic carbocycles. The molecule has 3 rings (SSSR count). The van der Waals surface area contributed by atoms with E-state index in [0.717, 1.165) is 12.8 Å². The Morgan fingerprint density at radius 1 is 1.32 bits per heavy atom. The van der Waals surface area contributed by atoms with Crippen LogP contribution in [0.1, 0.15) is 36.9 Å². The van der Waals surface area contributed by atoms with Crippen molar-refractivity contribution >= 4 is 17.8 Å². The van der Waals surface area contributed by atoms with Crippen molar-refractivity contribution < 1.29 is 23.2 Å². The molecular formula is C18H19FN2O4. The number of rotatable bonds is 5. The summed E-state index contributed by atoms with van der Waals surface area (Å²) in [6, 6.07) is 7.78. The van der Waals surface area contributed by atoms with Crippen LogP contribution in [0, 0.1) is 12.7 Å². The average Bonchev–Trinajstić information content (AvgIpc) is 3.23. The SMILES string of the molecule is Cc1cc(NC(=O)COC(=O)C2(c3ccccc3F)CCCC2)on1. The Morgan fingerprint density at radius 3 is 2.68 bits per heavy atom. The zero-order valence-electron chi connectivity index (χ0n) is 13.9. The van der Waals surface area contributed by atoms with E-state index in [9.17, 15) is 14.0 Å². The predicted molar refractivity (Wildman–Crippen MR) is 87.4 cm³/mol. The van der Waals surface area contributed by atoms with Crippen molar-refractivity contribution in [2.24, 2.45) is 0 Å². The summed E-state index contributed by atoms with van der Waals surface area (Å²) in [6.07, 6.45) is 2.64. The van der Waals surface area contributed by atoms with Crippen LogP contribution in [0.2, 0.25) is 0 Å². The predicted octanol–water partition coefficient (Wildman–Crippen LogP) is 3.12. The van der Waals surface area contributed by atoms with Gasteiger partial charge in [0.2, 0.25) is 5.88 Å². The van der Waals surface area contributed by atoms with Gasteiger partial charge in [0.1, 0.15) is 5.82 Å². The monoisotopic (exact) mass is 346 g/mol. The van der Waals surface area contributed by atoms with Crippen molar-refractivity contribution in [2.45, 2.75) is 38.0 Å². The molecule has 0 saturated heterocycles. The topological polar surface area (TPSA) is 81.4 Å². The molecule has 132 valence electrons. The molecule has 1 heterocycles. The number of hydrogen-bond acceptors (Lipinski definition) is 5. The Morgan fingerprint density at radius 2 is 2.04 bits per heavy atom. The van der Waals surface area contributed by atoms with Crippen LogP contribution in [0.3, 0.4) is 0 Å². The van der Waals surface area contributed by atoms with Crippen LogP contribution in [-0.4, -0.2) is 23.6 Å². The third-order valence-electron chi connectivity index (χ3n) is 4.46. The van der Waals surface area contributed by atoms with Crippen LogP contribution in [0.5, 0.6) is 0 Å². The second-order valence-corrected chi connectivity index (χ2v) is 6.23. The molecule has 2 aromatic rings. The van der Waals surface area contributed by atoms with Crippen LogP contribution in [0.25, 0.3) is 0 Å². The number of benzene rings is 1. The zero-order chi connectivity index (χ0) is 17.9. The standard InChI is InChI=1S/C18H19FN2O4/c1-12-10-16(25-21-12)20-15(22)11-24-17(23)18(8-4-5-9-18)13-6-2-3-7-14(13)19/h2-3,6-7,10H,4-5,8-9,11H2,1H3,(H,20,22). The summed E-state index contributed by atoms with van der Waals surface area (Å²) in [5, 5.41) is 6.10. The van der Waals surface area contributed by atoms with Gasteiger partial charge < -0.3 is 9.26 Å². The number of ether oxygens (including phenoxy) is 1. The van der Waals surface area contributed by atoms with Gasteiger partial charge in [-0.05, 0) is 25.8 Å². The summed E-state index contributed by atoms with van der Waals surface area (Å²) in [4.78, 5) is 24.6. The maximum atomic E-state index is 14.2. The molecule has 0 unspecified atom stereocenters. The van der Waals surface area contributed by atoms with Gasteiger partial charge in [-0.2, -0.15) is 0 Å². The van der Waals surface area contributed by atoms with Gasteiger partial charge in [-0.15, -0.1) is 0 Å². The van der Waals surface area contributed by atoms with Gasteiger partial charge in [0.15, 0.2) is 6.61 Å². The minimum atomic E-state index is -1.02. The van der Waals surface area contributed by atoms with Gasteiger partial charge in [-0.3, -0.25) is 14.9 Å². The molecule has 0 spiro atoms. The normalized spacial score (nSPS) is 15.8. The van der Waals surface area contributed by atoms with Crippen molar-refractivity contribution in [3.63, 3.8) is 0 Å². The quantitative estimate of drug-likeness (QED) is 0.841. The molecule has 25 heavy (non-hydrogen) atoms. The van der Waals surface area contributed by atoms with E-state index < -0.39 is 29.7 Å². The van der Waals surface area contributed by atoms with Gasteiger partial charge in [-0.25, -0.2) is 4.39 Å². The van der Waals surface area contributed by atoms with Crippen LogP contribution < -0.4 is 5.32 Å². The number of nitrogens with zero attached hydrogens (tertiary/aromatic N) is 1. The second kappa shape index (κ2) is 7.04. The number of anilines is 1. The van der Waals surface area contributed by atoms with Gasteiger partial charge in [0, 0.05) is 11.6 Å². The lowest BCUT2D eigenvalue weighted by atomic mass is 9.78. The summed E-state index contributed by atoms with van der Waals surface area (Å²) in [6.45, 7) is 1.26. The Labute approximate surface area is 144 Å². The van der Waals surface area contributed by atoms with E-state index in [0.29, 0.717) is 24.1 Å². The molecule has 6 nitrogen and oxygen atoms in total. The molecule has 1 aromatic heterocycles. The van der Waals surface area contributed by atoms with E-state index in [2.05, 4.69) is 10.5 Å². The van der Waals surface area contributed by atoms with Gasteiger partial charge in [0.25, 0.3) is 5.91 Å². The fraction of sp³-hybridized carbons (Fsp3) is 0.389. The Balaban J connectivity index is 1.68. The van der Waals surface area contributed by atoms with E-state index >= 15 is 0 Å². The highest BCUT2D eigenvalue weighted by atomic mass is 19.1. The van der Waals surface area contributed by atoms with E-state index in [1.165, 1.54) is 6.07 Å². The summed E-state index contributed by atoms with van der Waals surface area (Å²) in [7, 11) is 0. The van der Waals surface area contributed by atoms with Gasteiger partial charge in [-0.1, -0.05) is 36.2 Å². The molecule has 1 fully saturated rings. The summed E-state index contributed by atoms with van der Waals surface area (Å²) >= 11 is 0.